The van der Waals surface area contributed by atoms with Gasteiger partial charge in [-0.1, -0.05) is 29.6 Å². The van der Waals surface area contributed by atoms with Crippen molar-refractivity contribution in [2.45, 2.75) is 31.2 Å². The predicted molar refractivity (Wildman–Crippen MR) is 69.0 cm³/mol. The van der Waals surface area contributed by atoms with Crippen molar-refractivity contribution >= 4 is 11.6 Å². The summed E-state index contributed by atoms with van der Waals surface area (Å²) in [4.78, 5) is 4.19. The van der Waals surface area contributed by atoms with Crippen LogP contribution in [-0.2, 0) is 5.54 Å². The van der Waals surface area contributed by atoms with Gasteiger partial charge in [0.25, 0.3) is 5.89 Å². The molecular formula is C13H12ClF2N3O. The number of aromatic nitrogens is 2. The van der Waals surface area contributed by atoms with Crippen molar-refractivity contribution in [2.24, 2.45) is 5.73 Å². The lowest BCUT2D eigenvalue weighted by Gasteiger charge is -2.17. The third-order valence-corrected chi connectivity index (χ3v) is 3.92. The van der Waals surface area contributed by atoms with Crippen LogP contribution in [0.5, 0.6) is 0 Å². The summed E-state index contributed by atoms with van der Waals surface area (Å²) in [5.41, 5.74) is 5.77. The van der Waals surface area contributed by atoms with E-state index < -0.39 is 17.2 Å². The zero-order valence-corrected chi connectivity index (χ0v) is 11.3. The van der Waals surface area contributed by atoms with Crippen molar-refractivity contribution in [3.63, 3.8) is 0 Å². The molecule has 0 saturated heterocycles. The molecule has 3 rings (SSSR count). The van der Waals surface area contributed by atoms with E-state index in [0.29, 0.717) is 5.82 Å². The molecule has 0 unspecified atom stereocenters. The summed E-state index contributed by atoms with van der Waals surface area (Å²) in [6.45, 7) is 0. The summed E-state index contributed by atoms with van der Waals surface area (Å²) < 4.78 is 31.4. The van der Waals surface area contributed by atoms with Crippen molar-refractivity contribution in [1.82, 2.24) is 10.1 Å². The van der Waals surface area contributed by atoms with E-state index >= 15 is 0 Å². The molecule has 1 saturated carbocycles. The zero-order valence-electron chi connectivity index (χ0n) is 10.5. The van der Waals surface area contributed by atoms with E-state index in [1.807, 2.05) is 0 Å². The summed E-state index contributed by atoms with van der Waals surface area (Å²) >= 11 is 5.87. The zero-order chi connectivity index (χ0) is 14.3. The summed E-state index contributed by atoms with van der Waals surface area (Å²) in [6, 6.07) is 1.82. The minimum absolute atomic E-state index is 0.0107. The standard InChI is InChI=1S/C13H12ClF2N3O/c14-8-6-10(16)9(15)5-7(8)11-18-12(19-20-11)13(17)3-1-2-4-13/h5-6H,1-4,17H2. The molecule has 7 heteroatoms. The van der Waals surface area contributed by atoms with Gasteiger partial charge in [-0.15, -0.1) is 0 Å². The monoisotopic (exact) mass is 299 g/mol. The molecule has 0 amide bonds. The fraction of sp³-hybridized carbons (Fsp3) is 0.385. The molecule has 0 bridgehead atoms. The van der Waals surface area contributed by atoms with Gasteiger partial charge in [-0.05, 0) is 25.0 Å². The number of nitrogens with zero attached hydrogens (tertiary/aromatic N) is 2. The third-order valence-electron chi connectivity index (χ3n) is 3.61. The second-order valence-electron chi connectivity index (χ2n) is 5.03. The predicted octanol–water partition coefficient (Wildman–Crippen LogP) is 3.40. The first-order valence-electron chi connectivity index (χ1n) is 6.27. The molecule has 106 valence electrons. The number of hydrogen-bond acceptors (Lipinski definition) is 4. The van der Waals surface area contributed by atoms with Crippen molar-refractivity contribution in [2.75, 3.05) is 0 Å². The average molecular weight is 300 g/mol. The van der Waals surface area contributed by atoms with Gasteiger partial charge >= 0.3 is 0 Å². The number of benzene rings is 1. The van der Waals surface area contributed by atoms with E-state index in [1.54, 1.807) is 0 Å². The van der Waals surface area contributed by atoms with Crippen LogP contribution in [0.4, 0.5) is 8.78 Å². The summed E-state index contributed by atoms with van der Waals surface area (Å²) in [6.07, 6.45) is 3.56. The van der Waals surface area contributed by atoms with Crippen LogP contribution in [0.15, 0.2) is 16.7 Å². The highest BCUT2D eigenvalue weighted by Crippen LogP contribution is 2.36. The van der Waals surface area contributed by atoms with Crippen LogP contribution in [0.1, 0.15) is 31.5 Å². The summed E-state index contributed by atoms with van der Waals surface area (Å²) in [7, 11) is 0. The first kappa shape index (κ1) is 13.5. The molecule has 0 atom stereocenters. The number of rotatable bonds is 2. The van der Waals surface area contributed by atoms with Gasteiger partial charge in [0.15, 0.2) is 17.5 Å². The molecule has 0 spiro atoms. The minimum atomic E-state index is -1.02. The van der Waals surface area contributed by atoms with Gasteiger partial charge in [-0.2, -0.15) is 4.98 Å². The Morgan fingerprint density at radius 1 is 1.20 bits per heavy atom. The normalized spacial score (nSPS) is 17.6. The molecule has 1 aromatic carbocycles. The Labute approximate surface area is 118 Å². The van der Waals surface area contributed by atoms with E-state index in [-0.39, 0.29) is 16.5 Å². The van der Waals surface area contributed by atoms with Crippen LogP contribution in [0, 0.1) is 11.6 Å². The number of halogens is 3. The first-order valence-corrected chi connectivity index (χ1v) is 6.65. The largest absolute Gasteiger partial charge is 0.334 e. The molecule has 0 radical (unpaired) electrons. The van der Waals surface area contributed by atoms with E-state index in [2.05, 4.69) is 10.1 Å². The van der Waals surface area contributed by atoms with Crippen LogP contribution in [-0.4, -0.2) is 10.1 Å². The minimum Gasteiger partial charge on any atom is -0.334 e. The van der Waals surface area contributed by atoms with E-state index in [0.717, 1.165) is 37.8 Å². The molecule has 1 aliphatic rings. The molecule has 2 N–H and O–H groups in total. The van der Waals surface area contributed by atoms with Crippen molar-refractivity contribution in [3.05, 3.63) is 34.6 Å². The summed E-state index contributed by atoms with van der Waals surface area (Å²) in [5.74, 6) is -1.62. The Balaban J connectivity index is 2.00. The Bertz CT molecular complexity index is 653. The van der Waals surface area contributed by atoms with Crippen LogP contribution in [0.25, 0.3) is 11.5 Å². The van der Waals surface area contributed by atoms with Crippen molar-refractivity contribution < 1.29 is 13.3 Å². The van der Waals surface area contributed by atoms with Gasteiger partial charge in [-0.3, -0.25) is 0 Å². The van der Waals surface area contributed by atoms with Gasteiger partial charge < -0.3 is 10.3 Å². The van der Waals surface area contributed by atoms with Crippen LogP contribution in [0.2, 0.25) is 5.02 Å². The van der Waals surface area contributed by atoms with Crippen molar-refractivity contribution in [1.29, 1.82) is 0 Å². The molecule has 2 aromatic rings. The third kappa shape index (κ3) is 2.19. The summed E-state index contributed by atoms with van der Waals surface area (Å²) in [5, 5.41) is 3.86. The fourth-order valence-electron chi connectivity index (χ4n) is 2.45. The lowest BCUT2D eigenvalue weighted by molar-refractivity contribution is 0.372. The molecule has 4 nitrogen and oxygen atoms in total. The smallest absolute Gasteiger partial charge is 0.259 e. The van der Waals surface area contributed by atoms with Crippen LogP contribution in [0.3, 0.4) is 0 Å². The molecule has 1 fully saturated rings. The van der Waals surface area contributed by atoms with Gasteiger partial charge in [0.1, 0.15) is 0 Å². The molecule has 1 heterocycles. The van der Waals surface area contributed by atoms with E-state index in [4.69, 9.17) is 21.9 Å². The second-order valence-corrected chi connectivity index (χ2v) is 5.44. The van der Waals surface area contributed by atoms with Gasteiger partial charge in [0.05, 0.1) is 16.1 Å². The highest BCUT2D eigenvalue weighted by Gasteiger charge is 2.36. The molecule has 1 aliphatic carbocycles. The maximum Gasteiger partial charge on any atom is 0.259 e. The molecule has 20 heavy (non-hydrogen) atoms. The highest BCUT2D eigenvalue weighted by atomic mass is 35.5. The van der Waals surface area contributed by atoms with Gasteiger partial charge in [-0.25, -0.2) is 8.78 Å². The topological polar surface area (TPSA) is 64.9 Å². The first-order chi connectivity index (χ1) is 9.49. The highest BCUT2D eigenvalue weighted by molar-refractivity contribution is 6.33. The maximum atomic E-state index is 13.3. The quantitative estimate of drug-likeness (QED) is 0.863. The maximum absolute atomic E-state index is 13.3. The lowest BCUT2D eigenvalue weighted by atomic mass is 9.99. The van der Waals surface area contributed by atoms with Gasteiger partial charge in [0, 0.05) is 0 Å². The molecule has 1 aromatic heterocycles. The van der Waals surface area contributed by atoms with Crippen molar-refractivity contribution in [3.8, 4) is 11.5 Å². The second kappa shape index (κ2) is 4.79. The number of nitrogens with two attached hydrogens (primary N) is 1. The van der Waals surface area contributed by atoms with E-state index in [9.17, 15) is 8.78 Å². The molecule has 0 aliphatic heterocycles. The van der Waals surface area contributed by atoms with Crippen LogP contribution < -0.4 is 5.73 Å². The number of hydrogen-bond donors (Lipinski definition) is 1. The Morgan fingerprint density at radius 3 is 2.55 bits per heavy atom. The average Bonchev–Trinajstić information content (AvgIpc) is 3.03. The molecular weight excluding hydrogens is 288 g/mol. The van der Waals surface area contributed by atoms with Gasteiger partial charge in [0.2, 0.25) is 0 Å². The fourth-order valence-corrected chi connectivity index (χ4v) is 2.68. The Morgan fingerprint density at radius 2 is 1.85 bits per heavy atom. The Kier molecular flexibility index (Phi) is 3.22. The Hall–Kier alpha value is -1.53. The SMILES string of the molecule is NC1(c2noc(-c3cc(F)c(F)cc3Cl)n2)CCCC1. The van der Waals surface area contributed by atoms with Crippen LogP contribution >= 0.6 is 11.6 Å². The van der Waals surface area contributed by atoms with E-state index in [1.165, 1.54) is 0 Å². The lowest BCUT2D eigenvalue weighted by Crippen LogP contribution is -2.34.